The molecule has 1 aromatic heterocycles. The third-order valence-corrected chi connectivity index (χ3v) is 4.57. The van der Waals surface area contributed by atoms with Gasteiger partial charge in [0, 0.05) is 25.0 Å². The Kier molecular flexibility index (Phi) is 3.18. The molecule has 1 aliphatic carbocycles. The molecule has 18 heavy (non-hydrogen) atoms. The fourth-order valence-corrected chi connectivity index (χ4v) is 3.73. The highest BCUT2D eigenvalue weighted by molar-refractivity contribution is 5.09. The molecule has 4 heteroatoms. The zero-order valence-corrected chi connectivity index (χ0v) is 10.8. The van der Waals surface area contributed by atoms with Crippen molar-refractivity contribution < 1.29 is 9.52 Å². The van der Waals surface area contributed by atoms with Gasteiger partial charge in [0.25, 0.3) is 0 Å². The first kappa shape index (κ1) is 12.2. The van der Waals surface area contributed by atoms with Gasteiger partial charge in [0.05, 0.1) is 18.4 Å². The number of likely N-dealkylation sites (tertiary alicyclic amines) is 1. The van der Waals surface area contributed by atoms with E-state index in [0.29, 0.717) is 11.8 Å². The normalized spacial score (nSPS) is 35.6. The van der Waals surface area contributed by atoms with Crippen LogP contribution in [-0.2, 0) is 0 Å². The summed E-state index contributed by atoms with van der Waals surface area (Å²) in [7, 11) is 0. The van der Waals surface area contributed by atoms with Gasteiger partial charge in [-0.25, -0.2) is 0 Å². The van der Waals surface area contributed by atoms with Gasteiger partial charge in [-0.3, -0.25) is 4.90 Å². The van der Waals surface area contributed by atoms with Crippen molar-refractivity contribution in [1.29, 1.82) is 0 Å². The summed E-state index contributed by atoms with van der Waals surface area (Å²) in [6, 6.07) is 4.08. The van der Waals surface area contributed by atoms with Crippen molar-refractivity contribution in [2.75, 3.05) is 13.1 Å². The van der Waals surface area contributed by atoms with Gasteiger partial charge in [0.1, 0.15) is 5.76 Å². The zero-order valence-electron chi connectivity index (χ0n) is 10.8. The second-order valence-corrected chi connectivity index (χ2v) is 5.84. The van der Waals surface area contributed by atoms with E-state index < -0.39 is 0 Å². The first-order chi connectivity index (χ1) is 8.66. The molecule has 3 N–H and O–H groups in total. The Morgan fingerprint density at radius 1 is 1.44 bits per heavy atom. The summed E-state index contributed by atoms with van der Waals surface area (Å²) in [5.74, 6) is 2.01. The third-order valence-electron chi connectivity index (χ3n) is 4.57. The lowest BCUT2D eigenvalue weighted by Crippen LogP contribution is -2.39. The van der Waals surface area contributed by atoms with Crippen LogP contribution in [0, 0.1) is 11.8 Å². The highest BCUT2D eigenvalue weighted by atomic mass is 16.3. The van der Waals surface area contributed by atoms with Crippen LogP contribution in [0.4, 0.5) is 0 Å². The molecule has 1 aliphatic heterocycles. The molecule has 5 atom stereocenters. The molecule has 0 amide bonds. The van der Waals surface area contributed by atoms with E-state index in [1.54, 1.807) is 6.26 Å². The molecule has 4 nitrogen and oxygen atoms in total. The van der Waals surface area contributed by atoms with Crippen molar-refractivity contribution in [3.63, 3.8) is 0 Å². The summed E-state index contributed by atoms with van der Waals surface area (Å²) in [5, 5.41) is 9.99. The Bertz CT molecular complexity index is 391. The van der Waals surface area contributed by atoms with Crippen molar-refractivity contribution in [3.05, 3.63) is 24.2 Å². The molecule has 2 fully saturated rings. The molecular weight excluding hydrogens is 228 g/mol. The van der Waals surface area contributed by atoms with Crippen LogP contribution in [0.1, 0.15) is 31.6 Å². The number of aliphatic hydroxyl groups excluding tert-OH is 1. The minimum Gasteiger partial charge on any atom is -0.468 e. The number of nitrogens with two attached hydrogens (primary N) is 1. The lowest BCUT2D eigenvalue weighted by molar-refractivity contribution is 0.111. The number of rotatable bonds is 3. The van der Waals surface area contributed by atoms with Gasteiger partial charge in [-0.2, -0.15) is 0 Å². The topological polar surface area (TPSA) is 62.6 Å². The van der Waals surface area contributed by atoms with Crippen LogP contribution in [0.5, 0.6) is 0 Å². The Balaban J connectivity index is 1.77. The van der Waals surface area contributed by atoms with Crippen LogP contribution in [0.3, 0.4) is 0 Å². The highest BCUT2D eigenvalue weighted by Crippen LogP contribution is 2.41. The summed E-state index contributed by atoms with van der Waals surface area (Å²) in [4.78, 5) is 2.39. The van der Waals surface area contributed by atoms with E-state index in [-0.39, 0.29) is 18.2 Å². The highest BCUT2D eigenvalue weighted by Gasteiger charge is 2.44. The lowest BCUT2D eigenvalue weighted by Gasteiger charge is -2.30. The van der Waals surface area contributed by atoms with Crippen molar-refractivity contribution >= 4 is 0 Å². The van der Waals surface area contributed by atoms with Crippen molar-refractivity contribution in [3.8, 4) is 0 Å². The van der Waals surface area contributed by atoms with Gasteiger partial charge in [-0.05, 0) is 37.8 Å². The summed E-state index contributed by atoms with van der Waals surface area (Å²) >= 11 is 0. The zero-order chi connectivity index (χ0) is 12.7. The van der Waals surface area contributed by atoms with Gasteiger partial charge in [-0.1, -0.05) is 0 Å². The predicted molar refractivity (Wildman–Crippen MR) is 68.9 cm³/mol. The van der Waals surface area contributed by atoms with Crippen LogP contribution < -0.4 is 5.73 Å². The van der Waals surface area contributed by atoms with E-state index in [2.05, 4.69) is 4.90 Å². The van der Waals surface area contributed by atoms with E-state index in [0.717, 1.165) is 31.7 Å². The standard InChI is InChI=1S/C14H22N2O2/c1-9(15)14(13-3-2-6-18-13)16-7-10-4-5-12(17)11(10)8-16/h2-3,6,9-12,14,17H,4-5,7-8,15H2,1H3. The second-order valence-electron chi connectivity index (χ2n) is 5.84. The Morgan fingerprint density at radius 2 is 2.28 bits per heavy atom. The Labute approximate surface area is 108 Å². The van der Waals surface area contributed by atoms with Gasteiger partial charge < -0.3 is 15.3 Å². The maximum atomic E-state index is 9.99. The average Bonchev–Trinajstić information content (AvgIpc) is 2.99. The summed E-state index contributed by atoms with van der Waals surface area (Å²) in [5.41, 5.74) is 6.13. The van der Waals surface area contributed by atoms with Gasteiger partial charge in [0.15, 0.2) is 0 Å². The number of hydrogen-bond acceptors (Lipinski definition) is 4. The van der Waals surface area contributed by atoms with Crippen LogP contribution >= 0.6 is 0 Å². The molecule has 3 rings (SSSR count). The number of aliphatic hydroxyl groups is 1. The molecular formula is C14H22N2O2. The fourth-order valence-electron chi connectivity index (χ4n) is 3.73. The summed E-state index contributed by atoms with van der Waals surface area (Å²) in [6.07, 6.45) is 3.69. The van der Waals surface area contributed by atoms with E-state index in [1.807, 2.05) is 19.1 Å². The molecule has 5 unspecified atom stereocenters. The van der Waals surface area contributed by atoms with Gasteiger partial charge in [0.2, 0.25) is 0 Å². The number of fused-ring (bicyclic) bond motifs is 1. The lowest BCUT2D eigenvalue weighted by atomic mass is 10.00. The molecule has 2 aliphatic rings. The molecule has 1 saturated heterocycles. The van der Waals surface area contributed by atoms with Crippen molar-refractivity contribution in [2.24, 2.45) is 17.6 Å². The van der Waals surface area contributed by atoms with E-state index in [1.165, 1.54) is 0 Å². The largest absolute Gasteiger partial charge is 0.468 e. The Hall–Kier alpha value is -0.840. The van der Waals surface area contributed by atoms with Crippen molar-refractivity contribution in [1.82, 2.24) is 4.90 Å². The number of hydrogen-bond donors (Lipinski definition) is 2. The molecule has 100 valence electrons. The summed E-state index contributed by atoms with van der Waals surface area (Å²) < 4.78 is 5.53. The van der Waals surface area contributed by atoms with Crippen LogP contribution in [-0.4, -0.2) is 35.2 Å². The third kappa shape index (κ3) is 1.98. The van der Waals surface area contributed by atoms with Gasteiger partial charge in [-0.15, -0.1) is 0 Å². The van der Waals surface area contributed by atoms with Crippen LogP contribution in [0.15, 0.2) is 22.8 Å². The van der Waals surface area contributed by atoms with E-state index >= 15 is 0 Å². The molecule has 2 heterocycles. The average molecular weight is 250 g/mol. The molecule has 0 aromatic carbocycles. The van der Waals surface area contributed by atoms with E-state index in [4.69, 9.17) is 10.2 Å². The molecule has 0 spiro atoms. The van der Waals surface area contributed by atoms with Gasteiger partial charge >= 0.3 is 0 Å². The molecule has 0 radical (unpaired) electrons. The second kappa shape index (κ2) is 4.68. The molecule has 1 saturated carbocycles. The minimum absolute atomic E-state index is 0.0344. The minimum atomic E-state index is -0.120. The van der Waals surface area contributed by atoms with Crippen LogP contribution in [0.25, 0.3) is 0 Å². The first-order valence-corrected chi connectivity index (χ1v) is 6.88. The molecule has 0 bridgehead atoms. The summed E-state index contributed by atoms with van der Waals surface area (Å²) in [6.45, 7) is 4.01. The Morgan fingerprint density at radius 3 is 2.89 bits per heavy atom. The number of furan rings is 1. The maximum absolute atomic E-state index is 9.99. The monoisotopic (exact) mass is 250 g/mol. The predicted octanol–water partition coefficient (Wildman–Crippen LogP) is 1.37. The quantitative estimate of drug-likeness (QED) is 0.850. The van der Waals surface area contributed by atoms with Crippen LogP contribution in [0.2, 0.25) is 0 Å². The fraction of sp³-hybridized carbons (Fsp3) is 0.714. The molecule has 1 aromatic rings. The number of nitrogens with zero attached hydrogens (tertiary/aromatic N) is 1. The SMILES string of the molecule is CC(N)C(c1ccco1)N1CC2CCC(O)C2C1. The van der Waals surface area contributed by atoms with E-state index in [9.17, 15) is 5.11 Å². The smallest absolute Gasteiger partial charge is 0.122 e. The maximum Gasteiger partial charge on any atom is 0.122 e. The van der Waals surface area contributed by atoms with Crippen molar-refractivity contribution in [2.45, 2.75) is 38.0 Å². The first-order valence-electron chi connectivity index (χ1n) is 6.88.